The first-order valence-corrected chi connectivity index (χ1v) is 4.61. The van der Waals surface area contributed by atoms with Crippen molar-refractivity contribution in [1.29, 1.82) is 0 Å². The van der Waals surface area contributed by atoms with Crippen molar-refractivity contribution in [3.63, 3.8) is 0 Å². The Morgan fingerprint density at radius 3 is 2.92 bits per heavy atom. The van der Waals surface area contributed by atoms with Crippen LogP contribution >= 0.6 is 15.9 Å². The summed E-state index contributed by atoms with van der Waals surface area (Å²) in [4.78, 5) is 4.23. The molecule has 0 saturated heterocycles. The Morgan fingerprint density at radius 2 is 2.23 bits per heavy atom. The standard InChI is InChI=1S/C9H8BrNO2/c1-5-11-8-6(10)3-4-7(12-2)9(8)13-5/h3-4H,1-2H3. The Morgan fingerprint density at radius 1 is 1.46 bits per heavy atom. The van der Waals surface area contributed by atoms with E-state index in [1.807, 2.05) is 19.1 Å². The zero-order valence-corrected chi connectivity index (χ0v) is 8.88. The maximum Gasteiger partial charge on any atom is 0.197 e. The van der Waals surface area contributed by atoms with Crippen LogP contribution in [0.15, 0.2) is 21.0 Å². The highest BCUT2D eigenvalue weighted by Crippen LogP contribution is 2.31. The van der Waals surface area contributed by atoms with Crippen LogP contribution < -0.4 is 4.74 Å². The lowest BCUT2D eigenvalue weighted by Gasteiger charge is -1.99. The predicted molar refractivity (Wildman–Crippen MR) is 53.0 cm³/mol. The number of rotatable bonds is 1. The summed E-state index contributed by atoms with van der Waals surface area (Å²) in [6.45, 7) is 1.81. The third kappa shape index (κ3) is 1.31. The molecule has 2 aromatic rings. The molecule has 0 aliphatic rings. The Labute approximate surface area is 83.8 Å². The van der Waals surface area contributed by atoms with Crippen molar-refractivity contribution >= 4 is 27.0 Å². The van der Waals surface area contributed by atoms with Crippen LogP contribution in [0.1, 0.15) is 5.89 Å². The SMILES string of the molecule is COc1ccc(Br)c2nc(C)oc12. The van der Waals surface area contributed by atoms with Crippen LogP contribution in [0.3, 0.4) is 0 Å². The first kappa shape index (κ1) is 8.56. The zero-order valence-electron chi connectivity index (χ0n) is 7.30. The molecule has 0 spiro atoms. The topological polar surface area (TPSA) is 35.3 Å². The number of ether oxygens (including phenoxy) is 1. The molecule has 1 aromatic heterocycles. The van der Waals surface area contributed by atoms with Gasteiger partial charge >= 0.3 is 0 Å². The number of hydrogen-bond acceptors (Lipinski definition) is 3. The van der Waals surface area contributed by atoms with Crippen molar-refractivity contribution < 1.29 is 9.15 Å². The van der Waals surface area contributed by atoms with Crippen molar-refractivity contribution in [3.8, 4) is 5.75 Å². The van der Waals surface area contributed by atoms with Crippen LogP contribution in [0.2, 0.25) is 0 Å². The summed E-state index contributed by atoms with van der Waals surface area (Å²) in [6.07, 6.45) is 0. The Hall–Kier alpha value is -1.03. The van der Waals surface area contributed by atoms with Crippen molar-refractivity contribution in [2.75, 3.05) is 7.11 Å². The second-order valence-corrected chi connectivity index (χ2v) is 3.51. The first-order valence-electron chi connectivity index (χ1n) is 3.82. The van der Waals surface area contributed by atoms with Gasteiger partial charge in [0.1, 0.15) is 5.52 Å². The molecule has 0 atom stereocenters. The van der Waals surface area contributed by atoms with E-state index in [0.29, 0.717) is 17.2 Å². The molecule has 0 aliphatic carbocycles. The number of nitrogens with zero attached hydrogens (tertiary/aromatic N) is 1. The molecule has 0 N–H and O–H groups in total. The molecular weight excluding hydrogens is 234 g/mol. The summed E-state index contributed by atoms with van der Waals surface area (Å²) in [7, 11) is 1.61. The van der Waals surface area contributed by atoms with Crippen LogP contribution in [0.25, 0.3) is 11.1 Å². The van der Waals surface area contributed by atoms with E-state index in [1.54, 1.807) is 7.11 Å². The lowest BCUT2D eigenvalue weighted by Crippen LogP contribution is -1.83. The van der Waals surface area contributed by atoms with Gasteiger partial charge in [-0.2, -0.15) is 0 Å². The summed E-state index contributed by atoms with van der Waals surface area (Å²) in [5.41, 5.74) is 1.49. The van der Waals surface area contributed by atoms with E-state index in [0.717, 1.165) is 9.99 Å². The summed E-state index contributed by atoms with van der Waals surface area (Å²) in [6, 6.07) is 3.74. The quantitative estimate of drug-likeness (QED) is 0.771. The van der Waals surface area contributed by atoms with Gasteiger partial charge < -0.3 is 9.15 Å². The number of aromatic nitrogens is 1. The minimum absolute atomic E-state index is 0.639. The first-order chi connectivity index (χ1) is 6.22. The third-order valence-electron chi connectivity index (χ3n) is 1.79. The molecule has 68 valence electrons. The van der Waals surface area contributed by atoms with E-state index >= 15 is 0 Å². The minimum Gasteiger partial charge on any atom is -0.493 e. The van der Waals surface area contributed by atoms with Crippen LogP contribution in [-0.4, -0.2) is 12.1 Å². The van der Waals surface area contributed by atoms with Gasteiger partial charge in [-0.05, 0) is 28.1 Å². The van der Waals surface area contributed by atoms with Gasteiger partial charge in [-0.3, -0.25) is 0 Å². The van der Waals surface area contributed by atoms with Gasteiger partial charge in [-0.15, -0.1) is 0 Å². The highest BCUT2D eigenvalue weighted by atomic mass is 79.9. The largest absolute Gasteiger partial charge is 0.493 e. The summed E-state index contributed by atoms with van der Waals surface area (Å²) < 4.78 is 11.5. The summed E-state index contributed by atoms with van der Waals surface area (Å²) in [5.74, 6) is 1.35. The third-order valence-corrected chi connectivity index (χ3v) is 2.42. The van der Waals surface area contributed by atoms with Crippen molar-refractivity contribution in [2.45, 2.75) is 6.92 Å². The van der Waals surface area contributed by atoms with Gasteiger partial charge in [-0.1, -0.05) is 0 Å². The molecule has 3 nitrogen and oxygen atoms in total. The summed E-state index contributed by atoms with van der Waals surface area (Å²) in [5, 5.41) is 0. The monoisotopic (exact) mass is 241 g/mol. The van der Waals surface area contributed by atoms with E-state index in [2.05, 4.69) is 20.9 Å². The second-order valence-electron chi connectivity index (χ2n) is 2.66. The molecule has 0 amide bonds. The van der Waals surface area contributed by atoms with E-state index in [9.17, 15) is 0 Å². The molecular formula is C9H8BrNO2. The van der Waals surface area contributed by atoms with E-state index in [-0.39, 0.29) is 0 Å². The van der Waals surface area contributed by atoms with Gasteiger partial charge in [0.2, 0.25) is 0 Å². The molecule has 2 rings (SSSR count). The smallest absolute Gasteiger partial charge is 0.197 e. The maximum atomic E-state index is 5.40. The van der Waals surface area contributed by atoms with Crippen LogP contribution in [-0.2, 0) is 0 Å². The number of methoxy groups -OCH3 is 1. The van der Waals surface area contributed by atoms with Crippen molar-refractivity contribution in [2.24, 2.45) is 0 Å². The molecule has 1 aromatic carbocycles. The molecule has 0 radical (unpaired) electrons. The molecule has 0 bridgehead atoms. The molecule has 4 heteroatoms. The number of hydrogen-bond donors (Lipinski definition) is 0. The molecule has 1 heterocycles. The predicted octanol–water partition coefficient (Wildman–Crippen LogP) is 2.91. The van der Waals surface area contributed by atoms with Crippen molar-refractivity contribution in [3.05, 3.63) is 22.5 Å². The van der Waals surface area contributed by atoms with Crippen LogP contribution in [0.4, 0.5) is 0 Å². The fourth-order valence-electron chi connectivity index (χ4n) is 1.22. The average Bonchev–Trinajstić information content (AvgIpc) is 2.48. The Bertz CT molecular complexity index is 450. The number of fused-ring (bicyclic) bond motifs is 1. The van der Waals surface area contributed by atoms with Gasteiger partial charge in [0, 0.05) is 11.4 Å². The second kappa shape index (κ2) is 3.03. The Balaban J connectivity index is 2.83. The summed E-state index contributed by atoms with van der Waals surface area (Å²) >= 11 is 3.40. The molecule has 13 heavy (non-hydrogen) atoms. The highest BCUT2D eigenvalue weighted by Gasteiger charge is 2.10. The fourth-order valence-corrected chi connectivity index (χ4v) is 1.62. The molecule has 0 saturated carbocycles. The van der Waals surface area contributed by atoms with E-state index in [4.69, 9.17) is 9.15 Å². The van der Waals surface area contributed by atoms with Gasteiger partial charge in [0.25, 0.3) is 0 Å². The zero-order chi connectivity index (χ0) is 9.42. The highest BCUT2D eigenvalue weighted by molar-refractivity contribution is 9.10. The molecule has 0 aliphatic heterocycles. The molecule has 0 unspecified atom stereocenters. The number of benzene rings is 1. The number of aryl methyl sites for hydroxylation is 1. The fraction of sp³-hybridized carbons (Fsp3) is 0.222. The minimum atomic E-state index is 0.639. The Kier molecular flexibility index (Phi) is 2.00. The number of halogens is 1. The van der Waals surface area contributed by atoms with E-state index in [1.165, 1.54) is 0 Å². The maximum absolute atomic E-state index is 5.40. The lowest BCUT2D eigenvalue weighted by atomic mass is 10.3. The van der Waals surface area contributed by atoms with E-state index < -0.39 is 0 Å². The van der Waals surface area contributed by atoms with Crippen LogP contribution in [0.5, 0.6) is 5.75 Å². The van der Waals surface area contributed by atoms with Crippen molar-refractivity contribution in [1.82, 2.24) is 4.98 Å². The van der Waals surface area contributed by atoms with Gasteiger partial charge in [0.05, 0.1) is 7.11 Å². The average molecular weight is 242 g/mol. The van der Waals surface area contributed by atoms with Crippen LogP contribution in [0, 0.1) is 6.92 Å². The van der Waals surface area contributed by atoms with Gasteiger partial charge in [0.15, 0.2) is 17.2 Å². The lowest BCUT2D eigenvalue weighted by molar-refractivity contribution is 0.408. The normalized spacial score (nSPS) is 10.7. The number of oxazole rings is 1. The molecule has 0 fully saturated rings. The van der Waals surface area contributed by atoms with Gasteiger partial charge in [-0.25, -0.2) is 4.98 Å².